The molecule has 0 radical (unpaired) electrons. The number of hydrogen-bond acceptors (Lipinski definition) is 5. The molecule has 2 heterocycles. The van der Waals surface area contributed by atoms with E-state index in [1.807, 2.05) is 55.5 Å². The lowest BCUT2D eigenvalue weighted by molar-refractivity contribution is 0.340. The molecule has 0 amide bonds. The Kier molecular flexibility index (Phi) is 4.41. The zero-order valence-corrected chi connectivity index (χ0v) is 14.7. The molecule has 6 nitrogen and oxygen atoms in total. The lowest BCUT2D eigenvalue weighted by Gasteiger charge is -2.07. The van der Waals surface area contributed by atoms with Gasteiger partial charge in [0.1, 0.15) is 5.75 Å². The van der Waals surface area contributed by atoms with Crippen molar-refractivity contribution in [2.24, 2.45) is 0 Å². The van der Waals surface area contributed by atoms with Crippen LogP contribution in [0.4, 0.5) is 0 Å². The monoisotopic (exact) mass is 366 g/mol. The second kappa shape index (κ2) is 7.01. The molecular weight excluding hydrogens is 352 g/mol. The summed E-state index contributed by atoms with van der Waals surface area (Å²) in [7, 11) is 0. The van der Waals surface area contributed by atoms with Crippen LogP contribution in [0.15, 0.2) is 59.3 Å². The molecule has 4 rings (SSSR count). The van der Waals surface area contributed by atoms with E-state index in [-0.39, 0.29) is 0 Å². The number of nitrogens with zero attached hydrogens (tertiary/aromatic N) is 3. The summed E-state index contributed by atoms with van der Waals surface area (Å²) >= 11 is 6.30. The Labute approximate surface area is 154 Å². The average molecular weight is 367 g/mol. The van der Waals surface area contributed by atoms with Crippen molar-refractivity contribution in [2.45, 2.75) is 6.92 Å². The first-order valence-corrected chi connectivity index (χ1v) is 8.49. The molecule has 4 aromatic rings. The first-order valence-electron chi connectivity index (χ1n) is 8.12. The summed E-state index contributed by atoms with van der Waals surface area (Å²) in [6.45, 7) is 2.47. The predicted molar refractivity (Wildman–Crippen MR) is 98.9 cm³/mol. The number of ether oxygens (including phenoxy) is 1. The Balaban J connectivity index is 1.70. The quantitative estimate of drug-likeness (QED) is 0.546. The second-order valence-electron chi connectivity index (χ2n) is 5.53. The molecule has 7 heteroatoms. The van der Waals surface area contributed by atoms with Gasteiger partial charge in [-0.15, -0.1) is 0 Å². The molecule has 0 atom stereocenters. The van der Waals surface area contributed by atoms with Gasteiger partial charge in [-0.05, 0) is 25.1 Å². The Morgan fingerprint density at radius 1 is 1.12 bits per heavy atom. The fraction of sp³-hybridized carbons (Fsp3) is 0.105. The van der Waals surface area contributed by atoms with Crippen LogP contribution < -0.4 is 4.74 Å². The van der Waals surface area contributed by atoms with Crippen LogP contribution in [0.25, 0.3) is 34.1 Å². The van der Waals surface area contributed by atoms with Gasteiger partial charge < -0.3 is 9.26 Å². The first-order chi connectivity index (χ1) is 12.8. The van der Waals surface area contributed by atoms with Gasteiger partial charge in [0.05, 0.1) is 29.1 Å². The normalized spacial score (nSPS) is 10.8. The van der Waals surface area contributed by atoms with Crippen molar-refractivity contribution in [2.75, 3.05) is 6.61 Å². The fourth-order valence-corrected chi connectivity index (χ4v) is 2.87. The maximum atomic E-state index is 6.30. The number of H-pyrrole nitrogens is 1. The molecule has 130 valence electrons. The molecule has 2 aromatic heterocycles. The Bertz CT molecular complexity index is 1030. The minimum absolute atomic E-state index is 0.387. The van der Waals surface area contributed by atoms with Gasteiger partial charge in [-0.3, -0.25) is 5.10 Å². The van der Waals surface area contributed by atoms with Gasteiger partial charge in [0, 0.05) is 11.1 Å². The lowest BCUT2D eigenvalue weighted by Crippen LogP contribution is -1.92. The number of benzene rings is 2. The fourth-order valence-electron chi connectivity index (χ4n) is 2.63. The highest BCUT2D eigenvalue weighted by molar-refractivity contribution is 6.32. The van der Waals surface area contributed by atoms with Gasteiger partial charge in [-0.1, -0.05) is 47.1 Å². The lowest BCUT2D eigenvalue weighted by atomic mass is 10.1. The minimum atomic E-state index is 0.387. The van der Waals surface area contributed by atoms with Gasteiger partial charge >= 0.3 is 0 Å². The van der Waals surface area contributed by atoms with E-state index in [1.54, 1.807) is 6.20 Å². The molecule has 0 bridgehead atoms. The van der Waals surface area contributed by atoms with Crippen LogP contribution in [0.3, 0.4) is 0 Å². The highest BCUT2D eigenvalue weighted by Gasteiger charge is 2.18. The van der Waals surface area contributed by atoms with Crippen molar-refractivity contribution in [3.63, 3.8) is 0 Å². The third-order valence-corrected chi connectivity index (χ3v) is 4.14. The van der Waals surface area contributed by atoms with Gasteiger partial charge in [0.25, 0.3) is 5.89 Å². The van der Waals surface area contributed by atoms with Gasteiger partial charge in [0.15, 0.2) is 0 Å². The predicted octanol–water partition coefficient (Wildman–Crippen LogP) is 4.85. The highest BCUT2D eigenvalue weighted by atomic mass is 35.5. The molecule has 0 saturated carbocycles. The standard InChI is InChI=1S/C19H15ClN4O2/c1-2-25-16-9-8-13(10-15(16)20)17-14(11-21-23-17)19-22-18(24-26-19)12-6-4-3-5-7-12/h3-11H,2H2,1H3,(H,21,23). The smallest absolute Gasteiger partial charge is 0.262 e. The maximum absolute atomic E-state index is 6.30. The van der Waals surface area contributed by atoms with Crippen molar-refractivity contribution in [1.29, 1.82) is 0 Å². The molecule has 0 aliphatic rings. The van der Waals surface area contributed by atoms with E-state index in [9.17, 15) is 0 Å². The van der Waals surface area contributed by atoms with Crippen LogP contribution >= 0.6 is 11.6 Å². The summed E-state index contributed by atoms with van der Waals surface area (Å²) in [6.07, 6.45) is 1.65. The molecule has 0 aliphatic heterocycles. The van der Waals surface area contributed by atoms with Crippen LogP contribution in [0, 0.1) is 0 Å². The SMILES string of the molecule is CCOc1ccc(-c2[nH]ncc2-c2nc(-c3ccccc3)no2)cc1Cl. The van der Waals surface area contributed by atoms with E-state index in [0.717, 1.165) is 16.8 Å². The molecule has 0 saturated heterocycles. The van der Waals surface area contributed by atoms with Crippen LogP contribution in [0.2, 0.25) is 5.02 Å². The second-order valence-corrected chi connectivity index (χ2v) is 5.93. The molecular formula is C19H15ClN4O2. The van der Waals surface area contributed by atoms with Crippen molar-refractivity contribution >= 4 is 11.6 Å². The molecule has 0 unspecified atom stereocenters. The highest BCUT2D eigenvalue weighted by Crippen LogP contribution is 2.34. The zero-order chi connectivity index (χ0) is 17.9. The molecule has 1 N–H and O–H groups in total. The molecule has 0 spiro atoms. The third kappa shape index (κ3) is 3.07. The van der Waals surface area contributed by atoms with E-state index in [2.05, 4.69) is 20.3 Å². The summed E-state index contributed by atoms with van der Waals surface area (Å²) in [6, 6.07) is 15.2. The summed E-state index contributed by atoms with van der Waals surface area (Å²) < 4.78 is 10.9. The van der Waals surface area contributed by atoms with E-state index >= 15 is 0 Å². The van der Waals surface area contributed by atoms with Gasteiger partial charge in [-0.2, -0.15) is 10.1 Å². The summed E-state index contributed by atoms with van der Waals surface area (Å²) in [4.78, 5) is 4.48. The van der Waals surface area contributed by atoms with Crippen molar-refractivity contribution in [3.8, 4) is 39.8 Å². The zero-order valence-electron chi connectivity index (χ0n) is 13.9. The number of aromatic nitrogens is 4. The number of nitrogens with one attached hydrogen (secondary N) is 1. The Morgan fingerprint density at radius 2 is 1.96 bits per heavy atom. The first kappa shape index (κ1) is 16.4. The van der Waals surface area contributed by atoms with Gasteiger partial charge in [-0.25, -0.2) is 0 Å². The van der Waals surface area contributed by atoms with Crippen LogP contribution in [0.5, 0.6) is 5.75 Å². The minimum Gasteiger partial charge on any atom is -0.492 e. The van der Waals surface area contributed by atoms with Crippen molar-refractivity contribution in [1.82, 2.24) is 20.3 Å². The molecule has 0 fully saturated rings. The largest absolute Gasteiger partial charge is 0.492 e. The molecule has 0 aliphatic carbocycles. The number of rotatable bonds is 5. The number of aromatic amines is 1. The van der Waals surface area contributed by atoms with E-state index in [0.29, 0.717) is 34.7 Å². The topological polar surface area (TPSA) is 76.8 Å². The van der Waals surface area contributed by atoms with E-state index < -0.39 is 0 Å². The molecule has 2 aromatic carbocycles. The van der Waals surface area contributed by atoms with Crippen LogP contribution in [0.1, 0.15) is 6.92 Å². The summed E-state index contributed by atoms with van der Waals surface area (Å²) in [5.41, 5.74) is 3.19. The Hall–Kier alpha value is -3.12. The molecule has 26 heavy (non-hydrogen) atoms. The van der Waals surface area contributed by atoms with Gasteiger partial charge in [0.2, 0.25) is 5.82 Å². The van der Waals surface area contributed by atoms with Crippen LogP contribution in [-0.2, 0) is 0 Å². The van der Waals surface area contributed by atoms with Crippen LogP contribution in [-0.4, -0.2) is 26.9 Å². The van der Waals surface area contributed by atoms with Crippen molar-refractivity contribution in [3.05, 3.63) is 59.8 Å². The summed E-state index contributed by atoms with van der Waals surface area (Å²) in [5, 5.41) is 11.7. The Morgan fingerprint density at radius 3 is 2.73 bits per heavy atom. The van der Waals surface area contributed by atoms with E-state index in [4.69, 9.17) is 20.9 Å². The number of halogens is 1. The van der Waals surface area contributed by atoms with Crippen molar-refractivity contribution < 1.29 is 9.26 Å². The average Bonchev–Trinajstić information content (AvgIpc) is 3.33. The third-order valence-electron chi connectivity index (χ3n) is 3.85. The summed E-state index contributed by atoms with van der Waals surface area (Å²) in [5.74, 6) is 1.55. The number of hydrogen-bond donors (Lipinski definition) is 1. The maximum Gasteiger partial charge on any atom is 0.262 e. The van der Waals surface area contributed by atoms with E-state index in [1.165, 1.54) is 0 Å².